The summed E-state index contributed by atoms with van der Waals surface area (Å²) in [6, 6.07) is 16.6. The summed E-state index contributed by atoms with van der Waals surface area (Å²) in [6.07, 6.45) is 12.2. The molecule has 6 heteroatoms. The number of hydrogen-bond acceptors (Lipinski definition) is 2. The molecule has 3 aromatic carbocycles. The molecule has 1 saturated carbocycles. The van der Waals surface area contributed by atoms with Gasteiger partial charge in [-0.3, -0.25) is 4.79 Å². The molecule has 0 spiro atoms. The third-order valence-electron chi connectivity index (χ3n) is 9.37. The molecule has 0 aliphatic heterocycles. The van der Waals surface area contributed by atoms with Gasteiger partial charge in [0.25, 0.3) is 6.47 Å². The van der Waals surface area contributed by atoms with Gasteiger partial charge < -0.3 is 10.2 Å². The molecule has 250 valence electrons. The van der Waals surface area contributed by atoms with Crippen LogP contribution in [-0.4, -0.2) is 23.3 Å². The molecular weight excluding hydrogens is 585 g/mol. The van der Waals surface area contributed by atoms with Crippen LogP contribution in [0.15, 0.2) is 66.7 Å². The first-order chi connectivity index (χ1) is 22.2. The van der Waals surface area contributed by atoms with Gasteiger partial charge in [0.15, 0.2) is 0 Å². The van der Waals surface area contributed by atoms with E-state index in [-0.39, 0.29) is 35.7 Å². The highest BCUT2D eigenvalue weighted by Gasteiger charge is 2.28. The molecule has 0 amide bonds. The highest BCUT2D eigenvalue weighted by atomic mass is 19.1. The molecule has 1 aliphatic carbocycles. The summed E-state index contributed by atoms with van der Waals surface area (Å²) in [7, 11) is 0. The normalized spacial score (nSPS) is 16.7. The number of aryl methyl sites for hydroxylation is 1. The molecule has 1 aliphatic rings. The lowest BCUT2D eigenvalue weighted by atomic mass is 9.75. The number of aliphatic hydroxyl groups is 1. The predicted octanol–water partition coefficient (Wildman–Crippen LogP) is 11.2. The van der Waals surface area contributed by atoms with Crippen molar-refractivity contribution in [2.45, 2.75) is 115 Å². The third kappa shape index (κ3) is 10.9. The maximum atomic E-state index is 15.4. The van der Waals surface area contributed by atoms with Crippen molar-refractivity contribution >= 4 is 6.47 Å². The van der Waals surface area contributed by atoms with Gasteiger partial charge in [-0.15, -0.1) is 6.58 Å². The fourth-order valence-corrected chi connectivity index (χ4v) is 6.88. The number of carbonyl (C=O) groups is 1. The van der Waals surface area contributed by atoms with Gasteiger partial charge in [0.1, 0.15) is 17.5 Å². The van der Waals surface area contributed by atoms with E-state index >= 15 is 8.78 Å². The lowest BCUT2D eigenvalue weighted by Crippen LogP contribution is -2.15. The van der Waals surface area contributed by atoms with Crippen LogP contribution in [-0.2, 0) is 11.2 Å². The first-order valence-electron chi connectivity index (χ1n) is 16.9. The van der Waals surface area contributed by atoms with Gasteiger partial charge in [0.05, 0.1) is 0 Å². The van der Waals surface area contributed by atoms with Crippen molar-refractivity contribution < 1.29 is 28.2 Å². The highest BCUT2D eigenvalue weighted by molar-refractivity contribution is 5.65. The van der Waals surface area contributed by atoms with Crippen molar-refractivity contribution in [1.82, 2.24) is 0 Å². The van der Waals surface area contributed by atoms with Crippen LogP contribution in [0.3, 0.4) is 0 Å². The molecule has 0 aromatic heterocycles. The lowest BCUT2D eigenvalue weighted by molar-refractivity contribution is -0.122. The molecule has 1 atom stereocenters. The maximum absolute atomic E-state index is 15.4. The Morgan fingerprint density at radius 1 is 0.870 bits per heavy atom. The molecule has 0 heterocycles. The zero-order valence-corrected chi connectivity index (χ0v) is 27.5. The number of aliphatic hydroxyl groups excluding tert-OH is 1. The Balaban J connectivity index is 0.00000185. The molecule has 4 rings (SSSR count). The van der Waals surface area contributed by atoms with E-state index < -0.39 is 17.5 Å². The summed E-state index contributed by atoms with van der Waals surface area (Å²) in [5.41, 5.74) is 5.37. The molecule has 46 heavy (non-hydrogen) atoms. The lowest BCUT2D eigenvalue weighted by Gasteiger charge is -2.30. The minimum absolute atomic E-state index is 0.149. The zero-order chi connectivity index (χ0) is 33.5. The van der Waals surface area contributed by atoms with Crippen LogP contribution in [0.5, 0.6) is 0 Å². The number of unbranched alkanes of at least 4 members (excludes halogenated alkanes) is 2. The van der Waals surface area contributed by atoms with Crippen LogP contribution in [0.25, 0.3) is 11.1 Å². The highest BCUT2D eigenvalue weighted by Crippen LogP contribution is 2.43. The van der Waals surface area contributed by atoms with E-state index in [0.29, 0.717) is 11.8 Å². The monoisotopic (exact) mass is 636 g/mol. The van der Waals surface area contributed by atoms with Gasteiger partial charge in [-0.1, -0.05) is 61.7 Å². The second-order valence-electron chi connectivity index (χ2n) is 12.9. The molecule has 2 N–H and O–H groups in total. The molecular formula is C40H51F3O3. The van der Waals surface area contributed by atoms with Crippen LogP contribution >= 0.6 is 0 Å². The van der Waals surface area contributed by atoms with Crippen molar-refractivity contribution in [2.75, 3.05) is 6.61 Å². The Morgan fingerprint density at radius 3 is 2.04 bits per heavy atom. The van der Waals surface area contributed by atoms with Crippen LogP contribution in [0.1, 0.15) is 131 Å². The topological polar surface area (TPSA) is 57.5 Å². The Hall–Kier alpha value is -3.38. The first-order valence-corrected chi connectivity index (χ1v) is 16.9. The zero-order valence-electron chi connectivity index (χ0n) is 27.5. The maximum Gasteiger partial charge on any atom is 0.290 e. The number of benzene rings is 3. The van der Waals surface area contributed by atoms with Crippen molar-refractivity contribution in [3.63, 3.8) is 0 Å². The predicted molar refractivity (Wildman–Crippen MR) is 182 cm³/mol. The molecule has 0 radical (unpaired) electrons. The van der Waals surface area contributed by atoms with Crippen LogP contribution in [0.4, 0.5) is 13.2 Å². The number of halogens is 3. The van der Waals surface area contributed by atoms with Crippen molar-refractivity contribution in [3.05, 3.63) is 106 Å². The Bertz CT molecular complexity index is 1350. The van der Waals surface area contributed by atoms with Gasteiger partial charge in [-0.25, -0.2) is 13.2 Å². The van der Waals surface area contributed by atoms with Gasteiger partial charge >= 0.3 is 0 Å². The van der Waals surface area contributed by atoms with E-state index in [1.807, 2.05) is 6.07 Å². The fraction of sp³-hybridized carbons (Fsp3) is 0.475. The van der Waals surface area contributed by atoms with Crippen LogP contribution in [0, 0.1) is 17.5 Å². The van der Waals surface area contributed by atoms with Gasteiger partial charge in [0.2, 0.25) is 0 Å². The van der Waals surface area contributed by atoms with E-state index in [0.717, 1.165) is 89.0 Å². The number of carboxylic acid groups (broad SMARTS) is 1. The van der Waals surface area contributed by atoms with E-state index in [4.69, 9.17) is 9.90 Å². The third-order valence-corrected chi connectivity index (χ3v) is 9.37. The van der Waals surface area contributed by atoms with Crippen molar-refractivity contribution in [3.8, 4) is 11.1 Å². The number of allylic oxidation sites excluding steroid dienone is 1. The summed E-state index contributed by atoms with van der Waals surface area (Å²) < 4.78 is 45.7. The van der Waals surface area contributed by atoms with Gasteiger partial charge in [0, 0.05) is 17.7 Å². The van der Waals surface area contributed by atoms with Gasteiger partial charge in [-0.05, 0) is 136 Å². The van der Waals surface area contributed by atoms with Crippen LogP contribution in [0.2, 0.25) is 0 Å². The second-order valence-corrected chi connectivity index (χ2v) is 12.9. The summed E-state index contributed by atoms with van der Waals surface area (Å²) in [5.74, 6) is -0.947. The molecule has 1 fully saturated rings. The summed E-state index contributed by atoms with van der Waals surface area (Å²) >= 11 is 0. The Kier molecular flexibility index (Phi) is 15.6. The first kappa shape index (κ1) is 37.1. The summed E-state index contributed by atoms with van der Waals surface area (Å²) in [6.45, 7) is 8.18. The molecule has 0 bridgehead atoms. The summed E-state index contributed by atoms with van der Waals surface area (Å²) in [4.78, 5) is 8.36. The van der Waals surface area contributed by atoms with Gasteiger partial charge in [-0.2, -0.15) is 0 Å². The molecule has 3 aromatic rings. The quantitative estimate of drug-likeness (QED) is 0.0991. The Morgan fingerprint density at radius 2 is 1.48 bits per heavy atom. The minimum atomic E-state index is -0.574. The summed E-state index contributed by atoms with van der Waals surface area (Å²) in [5, 5.41) is 16.3. The Labute approximate surface area is 273 Å². The standard InChI is InChI=1S/C39H49F3O.CH2O2/c1-4-5-6-10-28-13-22-35(36(40)24-28)34-25-37(41)39(38(42)26-34)33-20-18-32(19-21-33)31-16-14-30(15-17-31)29(12-8-23-43)11-7-9-27(2)3;2-1-3/h13-17,22,24-26,29,32-33,43H,2,4-12,18-21,23H2,1,3H3;1H,(H,2,3). The van der Waals surface area contributed by atoms with Crippen molar-refractivity contribution in [1.29, 1.82) is 0 Å². The fourth-order valence-electron chi connectivity index (χ4n) is 6.88. The van der Waals surface area contributed by atoms with E-state index in [2.05, 4.69) is 44.7 Å². The second kappa shape index (κ2) is 19.3. The largest absolute Gasteiger partial charge is 0.483 e. The minimum Gasteiger partial charge on any atom is -0.483 e. The molecule has 3 nitrogen and oxygen atoms in total. The van der Waals surface area contributed by atoms with Crippen LogP contribution < -0.4 is 0 Å². The molecule has 0 saturated heterocycles. The number of hydrogen-bond donors (Lipinski definition) is 2. The van der Waals surface area contributed by atoms with E-state index in [1.54, 1.807) is 6.07 Å². The smallest absolute Gasteiger partial charge is 0.290 e. The van der Waals surface area contributed by atoms with E-state index in [1.165, 1.54) is 34.9 Å². The SMILES string of the molecule is C=C(C)CCCC(CCCO)c1ccc(C2CCC(c3c(F)cc(-c4ccc(CCCCC)cc4F)cc3F)CC2)cc1.O=CO. The van der Waals surface area contributed by atoms with E-state index in [9.17, 15) is 9.50 Å². The van der Waals surface area contributed by atoms with Crippen molar-refractivity contribution in [2.24, 2.45) is 0 Å². The average molecular weight is 637 g/mol. The molecule has 1 unspecified atom stereocenters. The number of rotatable bonds is 15. The average Bonchev–Trinajstić information content (AvgIpc) is 3.03.